The van der Waals surface area contributed by atoms with Crippen LogP contribution in [0.3, 0.4) is 0 Å². The molecule has 1 fully saturated rings. The number of anilines is 1. The molecule has 1 N–H and O–H groups in total. The first-order valence-corrected chi connectivity index (χ1v) is 11.9. The van der Waals surface area contributed by atoms with Crippen molar-refractivity contribution in [1.29, 1.82) is 0 Å². The molecule has 1 saturated heterocycles. The van der Waals surface area contributed by atoms with E-state index in [0.717, 1.165) is 16.7 Å². The smallest absolute Gasteiger partial charge is 0.295 e. The Morgan fingerprint density at radius 3 is 2.59 bits per heavy atom. The number of pyridine rings is 2. The highest BCUT2D eigenvalue weighted by molar-refractivity contribution is 6.45. The fourth-order valence-corrected chi connectivity index (χ4v) is 4.69. The molecule has 0 radical (unpaired) electrons. The Hall–Kier alpha value is -4.80. The zero-order valence-corrected chi connectivity index (χ0v) is 20.4. The highest BCUT2D eigenvalue weighted by Crippen LogP contribution is 2.32. The normalized spacial score (nSPS) is 13.9. The lowest BCUT2D eigenvalue weighted by Gasteiger charge is -2.35. The molecule has 1 amide bonds. The molecule has 1 aromatic carbocycles. The lowest BCUT2D eigenvalue weighted by atomic mass is 10.1. The van der Waals surface area contributed by atoms with E-state index >= 15 is 0 Å². The van der Waals surface area contributed by atoms with Crippen LogP contribution >= 0.6 is 0 Å². The maximum atomic E-state index is 13.4. The summed E-state index contributed by atoms with van der Waals surface area (Å²) in [6.07, 6.45) is 4.58. The Balaban J connectivity index is 1.23. The van der Waals surface area contributed by atoms with Gasteiger partial charge in [-0.05, 0) is 25.1 Å². The number of methoxy groups -OCH3 is 1. The lowest BCUT2D eigenvalue weighted by Crippen LogP contribution is -2.50. The maximum Gasteiger partial charge on any atom is 0.295 e. The summed E-state index contributed by atoms with van der Waals surface area (Å²) in [7, 11) is 1.50. The van der Waals surface area contributed by atoms with Gasteiger partial charge in [-0.1, -0.05) is 18.2 Å². The highest BCUT2D eigenvalue weighted by Gasteiger charge is 2.30. The number of rotatable bonds is 5. The Labute approximate surface area is 211 Å². The molecule has 186 valence electrons. The number of para-hydroxylation sites is 1. The van der Waals surface area contributed by atoms with Gasteiger partial charge in [0.25, 0.3) is 11.7 Å². The van der Waals surface area contributed by atoms with Crippen LogP contribution in [0, 0.1) is 6.92 Å². The van der Waals surface area contributed by atoms with Gasteiger partial charge in [0.2, 0.25) is 0 Å². The van der Waals surface area contributed by atoms with Crippen LogP contribution in [0.4, 0.5) is 5.82 Å². The monoisotopic (exact) mass is 496 g/mol. The number of aromatic nitrogens is 6. The second-order valence-electron chi connectivity index (χ2n) is 8.81. The van der Waals surface area contributed by atoms with Crippen molar-refractivity contribution in [2.45, 2.75) is 6.92 Å². The van der Waals surface area contributed by atoms with Gasteiger partial charge in [-0.25, -0.2) is 19.6 Å². The summed E-state index contributed by atoms with van der Waals surface area (Å²) in [5.41, 5.74) is 1.69. The molecule has 0 unspecified atom stereocenters. The van der Waals surface area contributed by atoms with E-state index in [4.69, 9.17) is 9.72 Å². The summed E-state index contributed by atoms with van der Waals surface area (Å²) in [4.78, 5) is 46.8. The molecule has 5 aromatic rings. The number of fused-ring (bicyclic) bond motifs is 2. The van der Waals surface area contributed by atoms with Gasteiger partial charge in [-0.2, -0.15) is 5.10 Å². The van der Waals surface area contributed by atoms with Gasteiger partial charge in [0.1, 0.15) is 23.7 Å². The largest absolute Gasteiger partial charge is 0.494 e. The van der Waals surface area contributed by atoms with E-state index in [9.17, 15) is 9.59 Å². The van der Waals surface area contributed by atoms with Crippen molar-refractivity contribution >= 4 is 39.3 Å². The first-order chi connectivity index (χ1) is 18.0. The van der Waals surface area contributed by atoms with E-state index in [1.807, 2.05) is 36.4 Å². The van der Waals surface area contributed by atoms with E-state index in [1.165, 1.54) is 24.2 Å². The predicted molar refractivity (Wildman–Crippen MR) is 137 cm³/mol. The van der Waals surface area contributed by atoms with Crippen molar-refractivity contribution < 1.29 is 14.3 Å². The second kappa shape index (κ2) is 9.01. The average Bonchev–Trinajstić information content (AvgIpc) is 3.58. The van der Waals surface area contributed by atoms with Gasteiger partial charge >= 0.3 is 0 Å². The molecule has 0 aliphatic carbocycles. The number of nitrogens with one attached hydrogen (secondary N) is 1. The summed E-state index contributed by atoms with van der Waals surface area (Å²) in [6.45, 7) is 3.78. The number of aromatic amines is 1. The predicted octanol–water partition coefficient (Wildman–Crippen LogP) is 2.54. The van der Waals surface area contributed by atoms with Crippen molar-refractivity contribution in [3.8, 4) is 11.6 Å². The van der Waals surface area contributed by atoms with Crippen molar-refractivity contribution in [3.05, 3.63) is 66.5 Å². The average molecular weight is 497 g/mol. The number of carbonyl (C=O) groups is 2. The molecular formula is C26H24N8O3. The summed E-state index contributed by atoms with van der Waals surface area (Å²) in [5, 5.41) is 5.88. The highest BCUT2D eigenvalue weighted by atomic mass is 16.5. The van der Waals surface area contributed by atoms with Gasteiger partial charge < -0.3 is 19.5 Å². The number of carbonyl (C=O) groups excluding carboxylic acids is 2. The van der Waals surface area contributed by atoms with E-state index in [2.05, 4.69) is 25.0 Å². The quantitative estimate of drug-likeness (QED) is 0.291. The minimum Gasteiger partial charge on any atom is -0.494 e. The van der Waals surface area contributed by atoms with Crippen LogP contribution < -0.4 is 9.64 Å². The molecule has 37 heavy (non-hydrogen) atoms. The van der Waals surface area contributed by atoms with E-state index in [1.54, 1.807) is 18.2 Å². The van der Waals surface area contributed by atoms with Crippen LogP contribution in [0.1, 0.15) is 16.2 Å². The minimum atomic E-state index is -0.603. The number of piperazine rings is 1. The molecular weight excluding hydrogens is 472 g/mol. The molecule has 0 bridgehead atoms. The molecule has 11 heteroatoms. The molecule has 0 saturated carbocycles. The number of aryl methyl sites for hydroxylation is 1. The minimum absolute atomic E-state index is 0.232. The number of H-pyrrole nitrogens is 1. The Kier molecular flexibility index (Phi) is 5.52. The SMILES string of the molecule is COc1cnc(-n2cnc(C)n2)c2[nH]cc(C(=O)C(=O)N3CCN(c4ccc5ccccc5n4)CC3)c12. The third-order valence-electron chi connectivity index (χ3n) is 6.61. The van der Waals surface area contributed by atoms with Crippen LogP contribution in [0.5, 0.6) is 5.75 Å². The first kappa shape index (κ1) is 22.7. The van der Waals surface area contributed by atoms with Gasteiger partial charge in [0.15, 0.2) is 5.82 Å². The molecule has 11 nitrogen and oxygen atoms in total. The number of Topliss-reactive ketones (excluding diaryl/α,β-unsaturated/α-hetero) is 1. The zero-order chi connectivity index (χ0) is 25.5. The van der Waals surface area contributed by atoms with Crippen molar-refractivity contribution in [3.63, 3.8) is 0 Å². The third kappa shape index (κ3) is 3.94. The second-order valence-corrected chi connectivity index (χ2v) is 8.81. The number of nitrogens with zero attached hydrogens (tertiary/aromatic N) is 7. The van der Waals surface area contributed by atoms with Crippen LogP contribution in [-0.4, -0.2) is 79.6 Å². The molecule has 0 atom stereocenters. The van der Waals surface area contributed by atoms with Crippen LogP contribution in [0.2, 0.25) is 0 Å². The number of ketones is 1. The van der Waals surface area contributed by atoms with E-state index in [-0.39, 0.29) is 5.56 Å². The fourth-order valence-electron chi connectivity index (χ4n) is 4.69. The van der Waals surface area contributed by atoms with Gasteiger partial charge in [0.05, 0.1) is 35.3 Å². The molecule has 1 aliphatic rings. The topological polar surface area (TPSA) is 122 Å². The van der Waals surface area contributed by atoms with Gasteiger partial charge in [-0.3, -0.25) is 9.59 Å². The fraction of sp³-hybridized carbons (Fsp3) is 0.231. The number of ether oxygens (including phenoxy) is 1. The summed E-state index contributed by atoms with van der Waals surface area (Å²) in [5.74, 6) is 1.14. The Morgan fingerprint density at radius 2 is 1.84 bits per heavy atom. The summed E-state index contributed by atoms with van der Waals surface area (Å²) in [6, 6.07) is 12.0. The van der Waals surface area contributed by atoms with E-state index in [0.29, 0.717) is 54.5 Å². The van der Waals surface area contributed by atoms with Crippen LogP contribution in [-0.2, 0) is 4.79 Å². The van der Waals surface area contributed by atoms with Crippen molar-refractivity contribution in [2.24, 2.45) is 0 Å². The van der Waals surface area contributed by atoms with Crippen LogP contribution in [0.15, 0.2) is 55.1 Å². The van der Waals surface area contributed by atoms with Crippen molar-refractivity contribution in [2.75, 3.05) is 38.2 Å². The number of hydrogen-bond donors (Lipinski definition) is 1. The zero-order valence-electron chi connectivity index (χ0n) is 20.4. The summed E-state index contributed by atoms with van der Waals surface area (Å²) < 4.78 is 6.99. The molecule has 4 aromatic heterocycles. The van der Waals surface area contributed by atoms with Crippen molar-refractivity contribution in [1.82, 2.24) is 34.6 Å². The number of amides is 1. The summed E-state index contributed by atoms with van der Waals surface area (Å²) >= 11 is 0. The Morgan fingerprint density at radius 1 is 1.03 bits per heavy atom. The van der Waals surface area contributed by atoms with Gasteiger partial charge in [0, 0.05) is 37.8 Å². The van der Waals surface area contributed by atoms with Gasteiger partial charge in [-0.15, -0.1) is 0 Å². The third-order valence-corrected chi connectivity index (χ3v) is 6.61. The first-order valence-electron chi connectivity index (χ1n) is 11.9. The molecule has 1 aliphatic heterocycles. The van der Waals surface area contributed by atoms with E-state index < -0.39 is 11.7 Å². The molecule has 6 rings (SSSR count). The lowest BCUT2D eigenvalue weighted by molar-refractivity contribution is -0.126. The maximum absolute atomic E-state index is 13.4. The number of benzene rings is 1. The standard InChI is InChI=1S/C26H24N8O3/c1-16-29-15-34(31-16)25-23-22(20(37-2)14-28-25)18(13-27-23)24(35)26(36)33-11-9-32(10-12-33)21-8-7-17-5-3-4-6-19(17)30-21/h3-8,13-15,27H,9-12H2,1-2H3. The Bertz CT molecular complexity index is 1650. The molecule has 0 spiro atoms. The molecule has 5 heterocycles. The van der Waals surface area contributed by atoms with Crippen LogP contribution in [0.25, 0.3) is 27.6 Å². The number of hydrogen-bond acceptors (Lipinski definition) is 8.